The molecule has 0 N–H and O–H groups in total. The Morgan fingerprint density at radius 3 is 3.07 bits per heavy atom. The van der Waals surface area contributed by atoms with Crippen LogP contribution in [0, 0.1) is 0 Å². The van der Waals surface area contributed by atoms with Crippen LogP contribution < -0.4 is 0 Å². The molecule has 0 amide bonds. The summed E-state index contributed by atoms with van der Waals surface area (Å²) in [6.07, 6.45) is 7.30. The fourth-order valence-corrected chi connectivity index (χ4v) is 2.91. The predicted molar refractivity (Wildman–Crippen MR) is 58.7 cm³/mol. The van der Waals surface area contributed by atoms with Crippen LogP contribution >= 0.6 is 11.6 Å². The summed E-state index contributed by atoms with van der Waals surface area (Å²) < 4.78 is 2.23. The zero-order valence-electron chi connectivity index (χ0n) is 8.83. The van der Waals surface area contributed by atoms with Gasteiger partial charge in [-0.2, -0.15) is 0 Å². The molecule has 0 aromatic carbocycles. The minimum absolute atomic E-state index is 0.200. The zero-order chi connectivity index (χ0) is 10.2. The number of imidazole rings is 1. The van der Waals surface area contributed by atoms with Gasteiger partial charge < -0.3 is 4.57 Å². The third kappa shape index (κ3) is 1.56. The van der Waals surface area contributed by atoms with Crippen molar-refractivity contribution >= 4 is 11.6 Å². The first-order valence-corrected chi connectivity index (χ1v) is 5.75. The molecule has 14 heavy (non-hydrogen) atoms. The lowest BCUT2D eigenvalue weighted by Gasteiger charge is -2.23. The molecule has 0 spiro atoms. The van der Waals surface area contributed by atoms with E-state index in [-0.39, 0.29) is 5.41 Å². The Bertz CT molecular complexity index is 321. The lowest BCUT2D eigenvalue weighted by molar-refractivity contribution is 0.435. The van der Waals surface area contributed by atoms with Gasteiger partial charge in [-0.05, 0) is 26.2 Å². The number of alkyl halides is 1. The average molecular weight is 213 g/mol. The Kier molecular flexibility index (Phi) is 2.56. The number of aryl methyl sites for hydroxylation is 1. The molecule has 1 fully saturated rings. The van der Waals surface area contributed by atoms with Gasteiger partial charge in [0, 0.05) is 29.7 Å². The van der Waals surface area contributed by atoms with E-state index < -0.39 is 0 Å². The van der Waals surface area contributed by atoms with Gasteiger partial charge in [-0.1, -0.05) is 6.92 Å². The second-order valence-corrected chi connectivity index (χ2v) is 5.05. The van der Waals surface area contributed by atoms with Crippen LogP contribution in [0.1, 0.15) is 38.9 Å². The summed E-state index contributed by atoms with van der Waals surface area (Å²) in [5, 5.41) is 0.335. The van der Waals surface area contributed by atoms with E-state index in [1.54, 1.807) is 0 Å². The number of rotatable bonds is 2. The molecular weight excluding hydrogens is 196 g/mol. The molecule has 2 nitrogen and oxygen atoms in total. The molecule has 0 bridgehead atoms. The Morgan fingerprint density at radius 2 is 2.50 bits per heavy atom. The van der Waals surface area contributed by atoms with Crippen molar-refractivity contribution in [3.63, 3.8) is 0 Å². The molecule has 3 heteroatoms. The zero-order valence-corrected chi connectivity index (χ0v) is 9.59. The standard InChI is InChI=1S/C11H17ClN2/c1-3-14-7-6-13-10(14)11(2)5-4-9(12)8-11/h6-7,9H,3-5,8H2,1-2H3. The van der Waals surface area contributed by atoms with Crippen molar-refractivity contribution < 1.29 is 0 Å². The lowest BCUT2D eigenvalue weighted by atomic mass is 9.88. The van der Waals surface area contributed by atoms with Crippen LogP contribution in [0.15, 0.2) is 12.4 Å². The molecule has 1 aromatic heterocycles. The van der Waals surface area contributed by atoms with E-state index in [4.69, 9.17) is 11.6 Å². The summed E-state index contributed by atoms with van der Waals surface area (Å²) in [6, 6.07) is 0. The van der Waals surface area contributed by atoms with Gasteiger partial charge >= 0.3 is 0 Å². The van der Waals surface area contributed by atoms with Crippen LogP contribution in [0.5, 0.6) is 0 Å². The van der Waals surface area contributed by atoms with Gasteiger partial charge in [0.2, 0.25) is 0 Å². The minimum atomic E-state index is 0.200. The molecule has 2 rings (SSSR count). The second-order valence-electron chi connectivity index (χ2n) is 4.44. The fraction of sp³-hybridized carbons (Fsp3) is 0.727. The fourth-order valence-electron chi connectivity index (χ4n) is 2.46. The predicted octanol–water partition coefficient (Wildman–Crippen LogP) is 2.95. The van der Waals surface area contributed by atoms with E-state index in [1.807, 2.05) is 6.20 Å². The van der Waals surface area contributed by atoms with E-state index in [0.717, 1.165) is 25.8 Å². The van der Waals surface area contributed by atoms with Crippen molar-refractivity contribution in [3.05, 3.63) is 18.2 Å². The van der Waals surface area contributed by atoms with Crippen LogP contribution in [-0.2, 0) is 12.0 Å². The third-order valence-corrected chi connectivity index (χ3v) is 3.65. The van der Waals surface area contributed by atoms with E-state index in [2.05, 4.69) is 29.6 Å². The number of nitrogens with zero attached hydrogens (tertiary/aromatic N) is 2. The van der Waals surface area contributed by atoms with Gasteiger partial charge in [0.15, 0.2) is 0 Å². The Morgan fingerprint density at radius 1 is 1.71 bits per heavy atom. The lowest BCUT2D eigenvalue weighted by Crippen LogP contribution is -2.23. The van der Waals surface area contributed by atoms with Crippen molar-refractivity contribution in [2.45, 2.75) is 50.4 Å². The number of halogens is 1. The average Bonchev–Trinajstić information content (AvgIpc) is 2.73. The molecular formula is C11H17ClN2. The maximum absolute atomic E-state index is 6.17. The summed E-state index contributed by atoms with van der Waals surface area (Å²) in [7, 11) is 0. The van der Waals surface area contributed by atoms with Gasteiger partial charge in [0.25, 0.3) is 0 Å². The van der Waals surface area contributed by atoms with E-state index in [0.29, 0.717) is 5.38 Å². The van der Waals surface area contributed by atoms with Gasteiger partial charge in [-0.25, -0.2) is 4.98 Å². The van der Waals surface area contributed by atoms with Crippen molar-refractivity contribution in [2.24, 2.45) is 0 Å². The molecule has 2 atom stereocenters. The monoisotopic (exact) mass is 212 g/mol. The van der Waals surface area contributed by atoms with Crippen LogP contribution in [0.25, 0.3) is 0 Å². The molecule has 2 unspecified atom stereocenters. The van der Waals surface area contributed by atoms with Gasteiger partial charge in [-0.15, -0.1) is 11.6 Å². The maximum atomic E-state index is 6.17. The molecule has 0 radical (unpaired) electrons. The van der Waals surface area contributed by atoms with Gasteiger partial charge in [0.05, 0.1) is 0 Å². The summed E-state index contributed by atoms with van der Waals surface area (Å²) in [5.41, 5.74) is 0.200. The molecule has 0 saturated heterocycles. The van der Waals surface area contributed by atoms with Crippen molar-refractivity contribution in [1.29, 1.82) is 0 Å². The van der Waals surface area contributed by atoms with Crippen molar-refractivity contribution in [2.75, 3.05) is 0 Å². The molecule has 1 aromatic rings. The normalized spacial score (nSPS) is 32.4. The molecule has 1 aliphatic carbocycles. The first kappa shape index (κ1) is 10.0. The Labute approximate surface area is 90.3 Å². The van der Waals surface area contributed by atoms with Crippen LogP contribution in [0.4, 0.5) is 0 Å². The maximum Gasteiger partial charge on any atom is 0.114 e. The Balaban J connectivity index is 2.30. The first-order valence-electron chi connectivity index (χ1n) is 5.31. The van der Waals surface area contributed by atoms with Crippen LogP contribution in [0.3, 0.4) is 0 Å². The highest BCUT2D eigenvalue weighted by molar-refractivity contribution is 6.20. The summed E-state index contributed by atoms with van der Waals surface area (Å²) in [6.45, 7) is 5.43. The largest absolute Gasteiger partial charge is 0.335 e. The van der Waals surface area contributed by atoms with E-state index >= 15 is 0 Å². The van der Waals surface area contributed by atoms with E-state index in [9.17, 15) is 0 Å². The molecule has 0 aliphatic heterocycles. The smallest absolute Gasteiger partial charge is 0.114 e. The quantitative estimate of drug-likeness (QED) is 0.690. The SMILES string of the molecule is CCn1ccnc1C1(C)CCC(Cl)C1. The second kappa shape index (κ2) is 3.58. The van der Waals surface area contributed by atoms with Crippen molar-refractivity contribution in [1.82, 2.24) is 9.55 Å². The topological polar surface area (TPSA) is 17.8 Å². The van der Waals surface area contributed by atoms with Gasteiger partial charge in [-0.3, -0.25) is 0 Å². The first-order chi connectivity index (χ1) is 6.65. The van der Waals surface area contributed by atoms with Gasteiger partial charge in [0.1, 0.15) is 5.82 Å². The molecule has 1 aliphatic rings. The summed E-state index contributed by atoms with van der Waals surface area (Å²) in [4.78, 5) is 4.48. The molecule has 1 heterocycles. The number of hydrogen-bond donors (Lipinski definition) is 0. The van der Waals surface area contributed by atoms with Crippen molar-refractivity contribution in [3.8, 4) is 0 Å². The summed E-state index contributed by atoms with van der Waals surface area (Å²) in [5.74, 6) is 1.21. The number of hydrogen-bond acceptors (Lipinski definition) is 1. The molecule has 1 saturated carbocycles. The van der Waals surface area contributed by atoms with E-state index in [1.165, 1.54) is 5.82 Å². The minimum Gasteiger partial charge on any atom is -0.335 e. The highest BCUT2D eigenvalue weighted by Gasteiger charge is 2.38. The van der Waals surface area contributed by atoms with Crippen LogP contribution in [-0.4, -0.2) is 14.9 Å². The third-order valence-electron chi connectivity index (χ3n) is 3.28. The van der Waals surface area contributed by atoms with Crippen LogP contribution in [0.2, 0.25) is 0 Å². The highest BCUT2D eigenvalue weighted by atomic mass is 35.5. The Hall–Kier alpha value is -0.500. The summed E-state index contributed by atoms with van der Waals surface area (Å²) >= 11 is 6.17. The molecule has 78 valence electrons. The number of aromatic nitrogens is 2. The highest BCUT2D eigenvalue weighted by Crippen LogP contribution is 2.42.